The van der Waals surface area contributed by atoms with E-state index >= 15 is 0 Å². The molecule has 0 saturated carbocycles. The van der Waals surface area contributed by atoms with E-state index in [1.54, 1.807) is 18.2 Å². The molecule has 0 aromatic heterocycles. The lowest BCUT2D eigenvalue weighted by atomic mass is 10.1. The van der Waals surface area contributed by atoms with Crippen LogP contribution in [0.2, 0.25) is 0 Å². The largest absolute Gasteiger partial charge is 0.326 e. The summed E-state index contributed by atoms with van der Waals surface area (Å²) >= 11 is 0. The zero-order chi connectivity index (χ0) is 13.8. The van der Waals surface area contributed by atoms with E-state index in [2.05, 4.69) is 11.8 Å². The maximum atomic E-state index is 10.9. The van der Waals surface area contributed by atoms with Gasteiger partial charge in [0.2, 0.25) is 0 Å². The summed E-state index contributed by atoms with van der Waals surface area (Å²) in [6, 6.07) is 7.00. The van der Waals surface area contributed by atoms with Gasteiger partial charge in [0.1, 0.15) is 0 Å². The number of nitrogens with two attached hydrogens (primary N) is 1. The second-order valence-corrected chi connectivity index (χ2v) is 5.08. The molecule has 1 aliphatic heterocycles. The van der Waals surface area contributed by atoms with Crippen LogP contribution >= 0.6 is 12.4 Å². The Labute approximate surface area is 125 Å². The van der Waals surface area contributed by atoms with Gasteiger partial charge in [-0.3, -0.25) is 15.0 Å². The second kappa shape index (κ2) is 7.38. The molecule has 6 heteroatoms. The molecule has 0 amide bonds. The summed E-state index contributed by atoms with van der Waals surface area (Å²) in [5, 5.41) is 10.9. The second-order valence-electron chi connectivity index (χ2n) is 5.08. The minimum Gasteiger partial charge on any atom is -0.326 e. The molecule has 0 radical (unpaired) electrons. The third kappa shape index (κ3) is 4.03. The van der Waals surface area contributed by atoms with Crippen LogP contribution in [0.25, 0.3) is 6.08 Å². The molecule has 1 aliphatic rings. The van der Waals surface area contributed by atoms with E-state index in [4.69, 9.17) is 5.73 Å². The minimum absolute atomic E-state index is 0. The van der Waals surface area contributed by atoms with Crippen LogP contribution in [0.3, 0.4) is 0 Å². The summed E-state index contributed by atoms with van der Waals surface area (Å²) in [6.07, 6.45) is 3.78. The molecule has 0 aliphatic carbocycles. The Bertz CT molecular complexity index is 483. The van der Waals surface area contributed by atoms with E-state index < -0.39 is 0 Å². The quantitative estimate of drug-likeness (QED) is 0.684. The highest BCUT2D eigenvalue weighted by Gasteiger charge is 2.25. The van der Waals surface area contributed by atoms with Crippen LogP contribution in [-0.4, -0.2) is 35.5 Å². The van der Waals surface area contributed by atoms with E-state index in [1.165, 1.54) is 6.07 Å². The lowest BCUT2D eigenvalue weighted by Gasteiger charge is -2.11. The molecule has 2 unspecified atom stereocenters. The van der Waals surface area contributed by atoms with Gasteiger partial charge in [-0.15, -0.1) is 12.4 Å². The smallest absolute Gasteiger partial charge is 0.276 e. The van der Waals surface area contributed by atoms with Crippen molar-refractivity contribution >= 4 is 24.2 Å². The molecule has 1 saturated heterocycles. The standard InChI is InChI=1S/C14H19N3O2.ClH/c1-11-9-16(10-13(11)15)8-4-6-12-5-2-3-7-14(12)17(18)19;/h2-7,11,13H,8-10,15H2,1H3;1H/b6-4+;. The summed E-state index contributed by atoms with van der Waals surface area (Å²) in [7, 11) is 0. The molecule has 1 aromatic rings. The van der Waals surface area contributed by atoms with Gasteiger partial charge in [0.25, 0.3) is 5.69 Å². The highest BCUT2D eigenvalue weighted by atomic mass is 35.5. The fourth-order valence-corrected chi connectivity index (χ4v) is 2.37. The number of benzene rings is 1. The molecule has 1 fully saturated rings. The Kier molecular flexibility index (Phi) is 6.13. The van der Waals surface area contributed by atoms with Gasteiger partial charge in [-0.05, 0) is 12.0 Å². The van der Waals surface area contributed by atoms with Gasteiger partial charge in [-0.25, -0.2) is 0 Å². The predicted octanol–water partition coefficient (Wildman–Crippen LogP) is 2.31. The number of rotatable bonds is 4. The minimum atomic E-state index is -0.354. The summed E-state index contributed by atoms with van der Waals surface area (Å²) < 4.78 is 0. The fourth-order valence-electron chi connectivity index (χ4n) is 2.37. The van der Waals surface area contributed by atoms with Gasteiger partial charge in [-0.2, -0.15) is 0 Å². The Morgan fingerprint density at radius 3 is 2.75 bits per heavy atom. The number of para-hydroxylation sites is 1. The average Bonchev–Trinajstić information content (AvgIpc) is 2.69. The van der Waals surface area contributed by atoms with E-state index in [-0.39, 0.29) is 29.1 Å². The Balaban J connectivity index is 0.00000200. The molecule has 20 heavy (non-hydrogen) atoms. The van der Waals surface area contributed by atoms with Crippen molar-refractivity contribution in [2.24, 2.45) is 11.7 Å². The van der Waals surface area contributed by atoms with Gasteiger partial charge in [-0.1, -0.05) is 31.2 Å². The molecule has 1 heterocycles. The molecule has 5 nitrogen and oxygen atoms in total. The van der Waals surface area contributed by atoms with Crippen LogP contribution in [0.15, 0.2) is 30.3 Å². The van der Waals surface area contributed by atoms with Crippen LogP contribution < -0.4 is 5.73 Å². The molecule has 110 valence electrons. The van der Waals surface area contributed by atoms with Crippen molar-refractivity contribution in [1.29, 1.82) is 0 Å². The maximum Gasteiger partial charge on any atom is 0.276 e. The monoisotopic (exact) mass is 297 g/mol. The Morgan fingerprint density at radius 2 is 2.15 bits per heavy atom. The average molecular weight is 298 g/mol. The molecular formula is C14H20ClN3O2. The molecule has 2 atom stereocenters. The maximum absolute atomic E-state index is 10.9. The van der Waals surface area contributed by atoms with E-state index in [0.29, 0.717) is 11.5 Å². The van der Waals surface area contributed by atoms with Crippen LogP contribution in [0.4, 0.5) is 5.69 Å². The van der Waals surface area contributed by atoms with Crippen molar-refractivity contribution in [1.82, 2.24) is 4.90 Å². The van der Waals surface area contributed by atoms with Crippen molar-refractivity contribution in [3.8, 4) is 0 Å². The normalized spacial score (nSPS) is 22.9. The molecule has 0 spiro atoms. The predicted molar refractivity (Wildman–Crippen MR) is 83.0 cm³/mol. The van der Waals surface area contributed by atoms with Crippen LogP contribution in [-0.2, 0) is 0 Å². The number of likely N-dealkylation sites (tertiary alicyclic amines) is 1. The van der Waals surface area contributed by atoms with Crippen molar-refractivity contribution < 1.29 is 4.92 Å². The lowest BCUT2D eigenvalue weighted by Crippen LogP contribution is -2.28. The number of nitro benzene ring substituents is 1. The van der Waals surface area contributed by atoms with Crippen LogP contribution in [0.5, 0.6) is 0 Å². The first-order valence-electron chi connectivity index (χ1n) is 6.46. The number of nitrogens with zero attached hydrogens (tertiary/aromatic N) is 2. The third-order valence-corrected chi connectivity index (χ3v) is 3.54. The number of hydrogen-bond donors (Lipinski definition) is 1. The number of halogens is 1. The Morgan fingerprint density at radius 1 is 1.45 bits per heavy atom. The molecular weight excluding hydrogens is 278 g/mol. The van der Waals surface area contributed by atoms with E-state index in [9.17, 15) is 10.1 Å². The van der Waals surface area contributed by atoms with E-state index in [0.717, 1.165) is 19.6 Å². The van der Waals surface area contributed by atoms with Crippen molar-refractivity contribution in [2.45, 2.75) is 13.0 Å². The molecule has 2 rings (SSSR count). The summed E-state index contributed by atoms with van der Waals surface area (Å²) in [5.41, 5.74) is 6.75. The summed E-state index contributed by atoms with van der Waals surface area (Å²) in [6.45, 7) is 4.81. The lowest BCUT2D eigenvalue weighted by molar-refractivity contribution is -0.385. The first-order chi connectivity index (χ1) is 9.08. The third-order valence-electron chi connectivity index (χ3n) is 3.54. The van der Waals surface area contributed by atoms with Crippen LogP contribution in [0, 0.1) is 16.0 Å². The summed E-state index contributed by atoms with van der Waals surface area (Å²) in [4.78, 5) is 12.8. The van der Waals surface area contributed by atoms with Gasteiger partial charge in [0.05, 0.1) is 10.5 Å². The zero-order valence-electron chi connectivity index (χ0n) is 11.4. The van der Waals surface area contributed by atoms with Crippen LogP contribution in [0.1, 0.15) is 12.5 Å². The van der Waals surface area contributed by atoms with Gasteiger partial charge in [0, 0.05) is 31.7 Å². The number of hydrogen-bond acceptors (Lipinski definition) is 4. The summed E-state index contributed by atoms with van der Waals surface area (Å²) in [5.74, 6) is 0.513. The Hall–Kier alpha value is -1.43. The van der Waals surface area contributed by atoms with Gasteiger partial charge >= 0.3 is 0 Å². The van der Waals surface area contributed by atoms with E-state index in [1.807, 2.05) is 12.2 Å². The zero-order valence-corrected chi connectivity index (χ0v) is 12.3. The van der Waals surface area contributed by atoms with Gasteiger partial charge in [0.15, 0.2) is 0 Å². The van der Waals surface area contributed by atoms with Gasteiger partial charge < -0.3 is 5.73 Å². The molecule has 0 bridgehead atoms. The first kappa shape index (κ1) is 16.6. The highest BCUT2D eigenvalue weighted by Crippen LogP contribution is 2.19. The first-order valence-corrected chi connectivity index (χ1v) is 6.46. The molecule has 2 N–H and O–H groups in total. The van der Waals surface area contributed by atoms with Crippen molar-refractivity contribution in [3.05, 3.63) is 46.0 Å². The topological polar surface area (TPSA) is 72.4 Å². The van der Waals surface area contributed by atoms with Crippen molar-refractivity contribution in [3.63, 3.8) is 0 Å². The SMILES string of the molecule is CC1CN(C/C=C/c2ccccc2[N+](=O)[O-])CC1N.Cl. The fraction of sp³-hybridized carbons (Fsp3) is 0.429. The number of nitro groups is 1. The molecule has 1 aromatic carbocycles. The highest BCUT2D eigenvalue weighted by molar-refractivity contribution is 5.85. The van der Waals surface area contributed by atoms with Crippen molar-refractivity contribution in [2.75, 3.05) is 19.6 Å².